The van der Waals surface area contributed by atoms with Gasteiger partial charge in [0, 0.05) is 6.42 Å². The first-order valence-electron chi connectivity index (χ1n) is 23.0. The van der Waals surface area contributed by atoms with Crippen LogP contribution in [0.5, 0.6) is 0 Å². The maximum absolute atomic E-state index is 13.7. The summed E-state index contributed by atoms with van der Waals surface area (Å²) in [7, 11) is 0. The van der Waals surface area contributed by atoms with Crippen LogP contribution in [0.4, 0.5) is 0 Å². The van der Waals surface area contributed by atoms with Crippen LogP contribution in [-0.2, 0) is 30.5 Å². The Morgan fingerprint density at radius 1 is 0.817 bits per heavy atom. The van der Waals surface area contributed by atoms with Gasteiger partial charge in [-0.25, -0.2) is 4.68 Å². The number of hydrogen-bond donors (Lipinski definition) is 7. The Labute approximate surface area is 356 Å². The zero-order chi connectivity index (χ0) is 43.8. The number of hydrogen-bond acceptors (Lipinski definition) is 9. The predicted octanol–water partition coefficient (Wildman–Crippen LogP) is 3.54. The fourth-order valence-electron chi connectivity index (χ4n) is 12.5. The molecule has 7 rings (SSSR count). The van der Waals surface area contributed by atoms with Gasteiger partial charge in [0.05, 0.1) is 31.0 Å². The van der Waals surface area contributed by atoms with Gasteiger partial charge in [0.25, 0.3) is 0 Å². The highest BCUT2D eigenvalue weighted by Gasteiger charge is 2.66. The van der Waals surface area contributed by atoms with Gasteiger partial charge >= 0.3 is 0 Å². The SMILES string of the molecule is CC[C@H](C)[C@@H]1NC(=O)CC[C@@H](C)[C@H]2CC[C@H]3[C@@H]4[C@H](O)C[C@@H]5C[C@@H](CC[C@]5(C)[C@H]4C[C@H](O)[C@]23C)n2cc(nn2)CNC(=O)[C@H](C)NC(=O)[C@H](CC(C)C)NC(=O)[C@H](C)NC1=O. The van der Waals surface area contributed by atoms with Crippen LogP contribution in [0.2, 0.25) is 0 Å². The molecule has 5 amide bonds. The van der Waals surface area contributed by atoms with Crippen LogP contribution in [0.1, 0.15) is 145 Å². The molecule has 15 heteroatoms. The van der Waals surface area contributed by atoms with E-state index in [2.05, 4.69) is 57.7 Å². The summed E-state index contributed by atoms with van der Waals surface area (Å²) in [6.45, 7) is 17.7. The lowest BCUT2D eigenvalue weighted by Gasteiger charge is -2.63. The molecule has 4 saturated carbocycles. The molecular formula is C45H74N8O7. The minimum Gasteiger partial charge on any atom is -0.393 e. The molecule has 0 spiro atoms. The fraction of sp³-hybridized carbons (Fsp3) is 0.844. The van der Waals surface area contributed by atoms with Crippen LogP contribution in [0.3, 0.4) is 0 Å². The van der Waals surface area contributed by atoms with Gasteiger partial charge in [0.1, 0.15) is 29.9 Å². The largest absolute Gasteiger partial charge is 0.393 e. The van der Waals surface area contributed by atoms with E-state index in [0.717, 1.165) is 32.1 Å². The van der Waals surface area contributed by atoms with Gasteiger partial charge in [-0.3, -0.25) is 24.0 Å². The third kappa shape index (κ3) is 9.13. The lowest BCUT2D eigenvalue weighted by atomic mass is 9.43. The van der Waals surface area contributed by atoms with E-state index in [0.29, 0.717) is 37.8 Å². The van der Waals surface area contributed by atoms with Crippen molar-refractivity contribution in [2.45, 2.75) is 182 Å². The Morgan fingerprint density at radius 2 is 1.50 bits per heavy atom. The van der Waals surface area contributed by atoms with Crippen molar-refractivity contribution in [1.29, 1.82) is 0 Å². The Kier molecular flexibility index (Phi) is 14.1. The monoisotopic (exact) mass is 839 g/mol. The van der Waals surface area contributed by atoms with Gasteiger partial charge in [0.15, 0.2) is 0 Å². The van der Waals surface area contributed by atoms with E-state index < -0.39 is 60.0 Å². The number of aliphatic hydroxyl groups is 2. The third-order valence-electron chi connectivity index (χ3n) is 16.4. The highest BCUT2D eigenvalue weighted by molar-refractivity contribution is 5.95. The van der Waals surface area contributed by atoms with E-state index >= 15 is 0 Å². The zero-order valence-electron chi connectivity index (χ0n) is 37.5. The second-order valence-corrected chi connectivity index (χ2v) is 20.5. The van der Waals surface area contributed by atoms with Gasteiger partial charge < -0.3 is 36.8 Å². The summed E-state index contributed by atoms with van der Waals surface area (Å²) in [6, 6.07) is -3.66. The van der Waals surface area contributed by atoms with Crippen LogP contribution < -0.4 is 26.6 Å². The smallest absolute Gasteiger partial charge is 0.243 e. The molecule has 2 aliphatic heterocycles. The number of nitrogens with one attached hydrogen (secondary N) is 5. The summed E-state index contributed by atoms with van der Waals surface area (Å²) in [5.74, 6) is -1.35. The first-order valence-corrected chi connectivity index (χ1v) is 23.0. The second-order valence-electron chi connectivity index (χ2n) is 20.5. The summed E-state index contributed by atoms with van der Waals surface area (Å²) in [5, 5.41) is 47.2. The Hall–Kier alpha value is -3.59. The highest BCUT2D eigenvalue weighted by Crippen LogP contribution is 2.69. The molecule has 6 aliphatic rings. The number of carbonyl (C=O) groups excluding carboxylic acids is 5. The topological polar surface area (TPSA) is 217 Å². The molecule has 336 valence electrons. The van der Waals surface area contributed by atoms with E-state index in [-0.39, 0.29) is 83.1 Å². The summed E-state index contributed by atoms with van der Waals surface area (Å²) < 4.78 is 1.90. The van der Waals surface area contributed by atoms with Crippen molar-refractivity contribution in [2.24, 2.45) is 58.2 Å². The molecule has 60 heavy (non-hydrogen) atoms. The first kappa shape index (κ1) is 45.9. The Balaban J connectivity index is 1.25. The number of aliphatic hydroxyl groups excluding tert-OH is 2. The number of nitrogens with zero attached hydrogens (tertiary/aromatic N) is 3. The molecule has 0 aromatic carbocycles. The van der Waals surface area contributed by atoms with Gasteiger partial charge in [-0.2, -0.15) is 0 Å². The molecule has 0 radical (unpaired) electrons. The van der Waals surface area contributed by atoms with Crippen LogP contribution in [0.15, 0.2) is 6.20 Å². The molecular weight excluding hydrogens is 765 g/mol. The third-order valence-corrected chi connectivity index (χ3v) is 16.4. The molecule has 10 bridgehead atoms. The number of rotatable bonds is 4. The minimum atomic E-state index is -1.01. The van der Waals surface area contributed by atoms with Crippen molar-refractivity contribution >= 4 is 29.5 Å². The van der Waals surface area contributed by atoms with Crippen molar-refractivity contribution in [1.82, 2.24) is 41.6 Å². The lowest BCUT2D eigenvalue weighted by Crippen LogP contribution is -2.62. The zero-order valence-corrected chi connectivity index (χ0v) is 37.5. The average molecular weight is 839 g/mol. The maximum atomic E-state index is 13.7. The van der Waals surface area contributed by atoms with E-state index in [1.165, 1.54) is 6.92 Å². The summed E-state index contributed by atoms with van der Waals surface area (Å²) in [6.07, 6.45) is 8.58. The summed E-state index contributed by atoms with van der Waals surface area (Å²) in [5.41, 5.74) is 0.180. The Bertz CT molecular complexity index is 1740. The highest BCUT2D eigenvalue weighted by atomic mass is 16.3. The normalized spacial score (nSPS) is 41.6. The molecule has 4 fully saturated rings. The molecule has 0 saturated heterocycles. The van der Waals surface area contributed by atoms with Gasteiger partial charge in [-0.1, -0.05) is 60.1 Å². The van der Waals surface area contributed by atoms with Crippen LogP contribution in [0.25, 0.3) is 0 Å². The summed E-state index contributed by atoms with van der Waals surface area (Å²) >= 11 is 0. The summed E-state index contributed by atoms with van der Waals surface area (Å²) in [4.78, 5) is 67.5. The predicted molar refractivity (Wildman–Crippen MR) is 225 cm³/mol. The number of fused-ring (bicyclic) bond motifs is 20. The number of carbonyl (C=O) groups is 5. The average Bonchev–Trinajstić information content (AvgIpc) is 3.82. The van der Waals surface area contributed by atoms with Gasteiger partial charge in [0.2, 0.25) is 29.5 Å². The number of aromatic nitrogens is 3. The molecule has 15 nitrogen and oxygen atoms in total. The van der Waals surface area contributed by atoms with Gasteiger partial charge in [-0.05, 0) is 130 Å². The van der Waals surface area contributed by atoms with E-state index in [1.54, 1.807) is 6.92 Å². The lowest BCUT2D eigenvalue weighted by molar-refractivity contribution is -0.203. The second kappa shape index (κ2) is 18.4. The molecule has 0 unspecified atom stereocenters. The maximum Gasteiger partial charge on any atom is 0.243 e. The fourth-order valence-corrected chi connectivity index (χ4v) is 12.5. The van der Waals surface area contributed by atoms with Gasteiger partial charge in [-0.15, -0.1) is 5.10 Å². The van der Waals surface area contributed by atoms with Crippen molar-refractivity contribution in [3.8, 4) is 0 Å². The quantitative estimate of drug-likeness (QED) is 0.221. The first-order chi connectivity index (χ1) is 28.3. The van der Waals surface area contributed by atoms with Crippen molar-refractivity contribution in [3.63, 3.8) is 0 Å². The molecule has 1 aromatic rings. The van der Waals surface area contributed by atoms with Crippen molar-refractivity contribution < 1.29 is 34.2 Å². The van der Waals surface area contributed by atoms with E-state index in [1.807, 2.05) is 38.6 Å². The molecule has 7 N–H and O–H groups in total. The molecule has 16 atom stereocenters. The standard InChI is InChI=1S/C45H74N8O7/c1-10-24(4)39-43(60)48-27(7)41(58)49-34(17-23(2)3)42(59)47-26(6)40(57)46-21-29-22-53(52-51-29)30-15-16-44(8)28(18-30)19-35(54)38-32-13-12-31(25(5)11-14-37(56)50-39)45(32,9)36(55)20-33(38)44/h22-28,30-36,38-39,54-55H,10-21H2,1-9H3,(H,46,57)(H,47,59)(H,48,60)(H,49,58)(H,50,56)/t24-,25+,26-,27-,28-,30+,31+,32-,33-,34-,35+,36-,38-,39-,44-,45+/m0/s1. The van der Waals surface area contributed by atoms with E-state index in [9.17, 15) is 34.2 Å². The Morgan fingerprint density at radius 3 is 2.20 bits per heavy atom. The molecule has 1 aromatic heterocycles. The van der Waals surface area contributed by atoms with Crippen molar-refractivity contribution in [2.75, 3.05) is 0 Å². The molecule has 4 aliphatic carbocycles. The van der Waals surface area contributed by atoms with Crippen LogP contribution in [-0.4, -0.2) is 91.1 Å². The minimum absolute atomic E-state index is 0.0316. The van der Waals surface area contributed by atoms with Crippen molar-refractivity contribution in [3.05, 3.63) is 11.9 Å². The van der Waals surface area contributed by atoms with Crippen LogP contribution >= 0.6 is 0 Å². The van der Waals surface area contributed by atoms with Crippen LogP contribution in [0, 0.1) is 58.2 Å². The van der Waals surface area contributed by atoms with E-state index in [4.69, 9.17) is 0 Å². The number of amides is 5. The molecule has 3 heterocycles.